The van der Waals surface area contributed by atoms with Gasteiger partial charge in [0.1, 0.15) is 5.38 Å². The SMILES string of the molecule is COC(=O)C(Cl)CNCCCC1CCCO1. The molecule has 2 atom stereocenters. The van der Waals surface area contributed by atoms with Crippen LogP contribution in [0.1, 0.15) is 25.7 Å². The molecule has 4 nitrogen and oxygen atoms in total. The second-order valence-electron chi connectivity index (χ2n) is 3.97. The predicted octanol–water partition coefficient (Wildman–Crippen LogP) is 1.32. The summed E-state index contributed by atoms with van der Waals surface area (Å²) in [6.45, 7) is 2.23. The monoisotopic (exact) mass is 249 g/mol. The average Bonchev–Trinajstić information content (AvgIpc) is 2.80. The first-order valence-corrected chi connectivity index (χ1v) is 6.22. The van der Waals surface area contributed by atoms with Gasteiger partial charge >= 0.3 is 5.97 Å². The Balaban J connectivity index is 1.92. The smallest absolute Gasteiger partial charge is 0.325 e. The first-order chi connectivity index (χ1) is 7.74. The normalized spacial score (nSPS) is 22.0. The van der Waals surface area contributed by atoms with Crippen molar-refractivity contribution >= 4 is 17.6 Å². The molecule has 16 heavy (non-hydrogen) atoms. The molecule has 94 valence electrons. The van der Waals surface area contributed by atoms with Gasteiger partial charge in [0, 0.05) is 13.2 Å². The van der Waals surface area contributed by atoms with E-state index in [-0.39, 0.29) is 5.97 Å². The molecule has 1 rings (SSSR count). The third kappa shape index (κ3) is 5.14. The minimum absolute atomic E-state index is 0.381. The van der Waals surface area contributed by atoms with Gasteiger partial charge in [0.15, 0.2) is 0 Å². The summed E-state index contributed by atoms with van der Waals surface area (Å²) in [4.78, 5) is 11.0. The maximum atomic E-state index is 11.0. The van der Waals surface area contributed by atoms with Crippen molar-refractivity contribution in [2.45, 2.75) is 37.2 Å². The van der Waals surface area contributed by atoms with E-state index in [4.69, 9.17) is 16.3 Å². The van der Waals surface area contributed by atoms with Crippen LogP contribution in [0.2, 0.25) is 0 Å². The van der Waals surface area contributed by atoms with E-state index in [0.717, 1.165) is 26.0 Å². The molecule has 1 aliphatic heterocycles. The van der Waals surface area contributed by atoms with E-state index in [2.05, 4.69) is 10.1 Å². The van der Waals surface area contributed by atoms with Crippen molar-refractivity contribution in [3.8, 4) is 0 Å². The average molecular weight is 250 g/mol. The Kier molecular flexibility index (Phi) is 6.76. The van der Waals surface area contributed by atoms with Crippen molar-refractivity contribution in [1.82, 2.24) is 5.32 Å². The Hall–Kier alpha value is -0.320. The number of rotatable bonds is 7. The minimum Gasteiger partial charge on any atom is -0.468 e. The molecule has 0 bridgehead atoms. The van der Waals surface area contributed by atoms with Gasteiger partial charge in [-0.15, -0.1) is 11.6 Å². The lowest BCUT2D eigenvalue weighted by Gasteiger charge is -2.11. The van der Waals surface area contributed by atoms with Gasteiger partial charge in [0.05, 0.1) is 13.2 Å². The highest BCUT2D eigenvalue weighted by Gasteiger charge is 2.16. The molecule has 5 heteroatoms. The molecule has 0 aromatic carbocycles. The Morgan fingerprint density at radius 2 is 2.50 bits per heavy atom. The van der Waals surface area contributed by atoms with E-state index in [1.165, 1.54) is 20.0 Å². The van der Waals surface area contributed by atoms with Crippen LogP contribution >= 0.6 is 11.6 Å². The molecule has 1 heterocycles. The van der Waals surface area contributed by atoms with Gasteiger partial charge in [-0.25, -0.2) is 0 Å². The molecule has 0 saturated carbocycles. The van der Waals surface area contributed by atoms with Crippen molar-refractivity contribution in [1.29, 1.82) is 0 Å². The number of hydrogen-bond acceptors (Lipinski definition) is 4. The Labute approximate surface area is 102 Å². The van der Waals surface area contributed by atoms with Crippen LogP contribution in [0.4, 0.5) is 0 Å². The molecule has 0 aliphatic carbocycles. The second kappa shape index (κ2) is 7.87. The summed E-state index contributed by atoms with van der Waals surface area (Å²) in [5.41, 5.74) is 0. The third-order valence-electron chi connectivity index (χ3n) is 2.68. The fourth-order valence-corrected chi connectivity index (χ4v) is 1.96. The second-order valence-corrected chi connectivity index (χ2v) is 4.50. The molecule has 1 saturated heterocycles. The lowest BCUT2D eigenvalue weighted by atomic mass is 10.1. The predicted molar refractivity (Wildman–Crippen MR) is 62.7 cm³/mol. The topological polar surface area (TPSA) is 47.6 Å². The number of methoxy groups -OCH3 is 1. The molecule has 1 N–H and O–H groups in total. The summed E-state index contributed by atoms with van der Waals surface area (Å²) in [6, 6.07) is 0. The van der Waals surface area contributed by atoms with E-state index >= 15 is 0 Å². The van der Waals surface area contributed by atoms with Crippen LogP contribution in [-0.4, -0.2) is 44.3 Å². The van der Waals surface area contributed by atoms with Gasteiger partial charge < -0.3 is 14.8 Å². The number of ether oxygens (including phenoxy) is 2. The zero-order chi connectivity index (χ0) is 11.8. The van der Waals surface area contributed by atoms with Crippen LogP contribution in [0, 0.1) is 0 Å². The number of carbonyl (C=O) groups excluding carboxylic acids is 1. The van der Waals surface area contributed by atoms with Crippen LogP contribution in [0.25, 0.3) is 0 Å². The van der Waals surface area contributed by atoms with E-state index in [1.807, 2.05) is 0 Å². The van der Waals surface area contributed by atoms with Crippen LogP contribution < -0.4 is 5.32 Å². The number of hydrogen-bond donors (Lipinski definition) is 1. The maximum absolute atomic E-state index is 11.0. The van der Waals surface area contributed by atoms with E-state index in [9.17, 15) is 4.79 Å². The van der Waals surface area contributed by atoms with Crippen LogP contribution in [0.3, 0.4) is 0 Å². The lowest BCUT2D eigenvalue weighted by Crippen LogP contribution is -2.30. The lowest BCUT2D eigenvalue weighted by molar-refractivity contribution is -0.140. The first-order valence-electron chi connectivity index (χ1n) is 5.78. The van der Waals surface area contributed by atoms with Crippen molar-refractivity contribution < 1.29 is 14.3 Å². The van der Waals surface area contributed by atoms with Crippen LogP contribution in [-0.2, 0) is 14.3 Å². The molecule has 0 spiro atoms. The molecule has 2 unspecified atom stereocenters. The standard InChI is InChI=1S/C11H20ClNO3/c1-15-11(14)10(12)8-13-6-2-4-9-5-3-7-16-9/h9-10,13H,2-8H2,1H3. The van der Waals surface area contributed by atoms with E-state index in [0.29, 0.717) is 12.6 Å². The van der Waals surface area contributed by atoms with E-state index < -0.39 is 5.38 Å². The molecule has 1 fully saturated rings. The van der Waals surface area contributed by atoms with Gasteiger partial charge in [-0.3, -0.25) is 4.79 Å². The molecule has 1 aliphatic rings. The van der Waals surface area contributed by atoms with Gasteiger partial charge in [-0.1, -0.05) is 0 Å². The fraction of sp³-hybridized carbons (Fsp3) is 0.909. The number of halogens is 1. The maximum Gasteiger partial charge on any atom is 0.325 e. The van der Waals surface area contributed by atoms with Crippen molar-refractivity contribution in [3.63, 3.8) is 0 Å². The van der Waals surface area contributed by atoms with Crippen LogP contribution in [0.15, 0.2) is 0 Å². The zero-order valence-corrected chi connectivity index (χ0v) is 10.5. The summed E-state index contributed by atoms with van der Waals surface area (Å²) >= 11 is 5.78. The summed E-state index contributed by atoms with van der Waals surface area (Å²) in [7, 11) is 1.34. The first kappa shape index (κ1) is 13.7. The minimum atomic E-state index is -0.590. The Morgan fingerprint density at radius 3 is 3.12 bits per heavy atom. The fourth-order valence-electron chi connectivity index (χ4n) is 1.77. The van der Waals surface area contributed by atoms with Gasteiger partial charge in [-0.2, -0.15) is 0 Å². The molecule has 0 aromatic heterocycles. The number of alkyl halides is 1. The van der Waals surface area contributed by atoms with Crippen molar-refractivity contribution in [3.05, 3.63) is 0 Å². The van der Waals surface area contributed by atoms with Crippen molar-refractivity contribution in [2.24, 2.45) is 0 Å². The molecule has 0 aromatic rings. The number of esters is 1. The zero-order valence-electron chi connectivity index (χ0n) is 9.71. The highest BCUT2D eigenvalue weighted by molar-refractivity contribution is 6.30. The molecular weight excluding hydrogens is 230 g/mol. The van der Waals surface area contributed by atoms with Crippen molar-refractivity contribution in [2.75, 3.05) is 26.8 Å². The highest BCUT2D eigenvalue weighted by atomic mass is 35.5. The number of nitrogens with one attached hydrogen (secondary N) is 1. The van der Waals surface area contributed by atoms with E-state index in [1.54, 1.807) is 0 Å². The molecule has 0 radical (unpaired) electrons. The van der Waals surface area contributed by atoms with Gasteiger partial charge in [0.2, 0.25) is 0 Å². The summed E-state index contributed by atoms with van der Waals surface area (Å²) in [6.07, 6.45) is 4.94. The summed E-state index contributed by atoms with van der Waals surface area (Å²) in [5, 5.41) is 2.55. The molecular formula is C11H20ClNO3. The molecule has 0 amide bonds. The number of carbonyl (C=O) groups is 1. The Morgan fingerprint density at radius 1 is 1.69 bits per heavy atom. The van der Waals surface area contributed by atoms with Gasteiger partial charge in [0.25, 0.3) is 0 Å². The summed E-state index contributed by atoms with van der Waals surface area (Å²) in [5.74, 6) is -0.381. The summed E-state index contributed by atoms with van der Waals surface area (Å²) < 4.78 is 10.0. The third-order valence-corrected chi connectivity index (χ3v) is 3.02. The highest BCUT2D eigenvalue weighted by Crippen LogP contribution is 2.16. The van der Waals surface area contributed by atoms with Crippen LogP contribution in [0.5, 0.6) is 0 Å². The Bertz CT molecular complexity index is 207. The largest absolute Gasteiger partial charge is 0.468 e. The van der Waals surface area contributed by atoms with Gasteiger partial charge in [-0.05, 0) is 32.2 Å². The quantitative estimate of drug-likeness (QED) is 0.420.